The van der Waals surface area contributed by atoms with Crippen LogP contribution in [-0.4, -0.2) is 65.0 Å². The number of carbonyl (C=O) groups excluding carboxylic acids is 1. The van der Waals surface area contributed by atoms with E-state index in [9.17, 15) is 4.79 Å². The number of carbonyl (C=O) groups is 1. The summed E-state index contributed by atoms with van der Waals surface area (Å²) < 4.78 is 23.9. The van der Waals surface area contributed by atoms with Gasteiger partial charge in [0.25, 0.3) is 5.91 Å². The summed E-state index contributed by atoms with van der Waals surface area (Å²) in [4.78, 5) is 15.4. The number of rotatable bonds is 7. The first-order chi connectivity index (χ1) is 18.2. The lowest BCUT2D eigenvalue weighted by Crippen LogP contribution is -2.32. The number of nitrogens with zero attached hydrogens (tertiary/aromatic N) is 5. The van der Waals surface area contributed by atoms with Crippen molar-refractivity contribution in [2.24, 2.45) is 0 Å². The Balaban J connectivity index is 1.35. The van der Waals surface area contributed by atoms with Crippen LogP contribution in [0, 0.1) is 0 Å². The van der Waals surface area contributed by atoms with Gasteiger partial charge in [-0.3, -0.25) is 4.79 Å². The van der Waals surface area contributed by atoms with E-state index in [2.05, 4.69) is 15.5 Å². The zero-order chi connectivity index (χ0) is 25.4. The second-order valence-corrected chi connectivity index (χ2v) is 8.70. The van der Waals surface area contributed by atoms with Gasteiger partial charge in [-0.05, 0) is 58.3 Å². The van der Waals surface area contributed by atoms with E-state index in [1.54, 1.807) is 18.9 Å². The van der Waals surface area contributed by atoms with Crippen molar-refractivity contribution >= 4 is 5.91 Å². The first-order valence-corrected chi connectivity index (χ1v) is 12.0. The number of benzene rings is 3. The molecule has 4 aromatic rings. The standard InChI is InChI=1S/C27H25N5O5/c1-34-21-9-7-17(15-23(21)35-2)11-12-31-25(19-5-3-4-6-20(19)27(31)33)26-28-29-30-32(26)18-8-10-22-24(16-18)37-14-13-36-22/h3-10,15-16,25H,11-14H2,1-2H3. The third-order valence-electron chi connectivity index (χ3n) is 6.66. The fourth-order valence-corrected chi connectivity index (χ4v) is 4.88. The Labute approximate surface area is 213 Å². The van der Waals surface area contributed by atoms with Gasteiger partial charge in [-0.25, -0.2) is 0 Å². The van der Waals surface area contributed by atoms with Crippen LogP contribution in [0.1, 0.15) is 33.4 Å². The third-order valence-corrected chi connectivity index (χ3v) is 6.66. The van der Waals surface area contributed by atoms with Crippen LogP contribution in [0.25, 0.3) is 5.69 Å². The zero-order valence-electron chi connectivity index (χ0n) is 20.5. The maximum Gasteiger partial charge on any atom is 0.255 e. The highest BCUT2D eigenvalue weighted by Crippen LogP contribution is 2.39. The van der Waals surface area contributed by atoms with Crippen LogP contribution < -0.4 is 18.9 Å². The summed E-state index contributed by atoms with van der Waals surface area (Å²) in [6.45, 7) is 1.45. The maximum absolute atomic E-state index is 13.6. The molecule has 0 saturated heterocycles. The molecule has 6 rings (SSSR count). The second kappa shape index (κ2) is 9.45. The number of fused-ring (bicyclic) bond motifs is 2. The van der Waals surface area contributed by atoms with Crippen molar-refractivity contribution in [1.82, 2.24) is 25.1 Å². The fraction of sp³-hybridized carbons (Fsp3) is 0.259. The van der Waals surface area contributed by atoms with Crippen molar-refractivity contribution < 1.29 is 23.7 Å². The Morgan fingerprint density at radius 2 is 1.76 bits per heavy atom. The summed E-state index contributed by atoms with van der Waals surface area (Å²) in [7, 11) is 3.21. The first kappa shape index (κ1) is 22.8. The number of hydrogen-bond donors (Lipinski definition) is 0. The maximum atomic E-state index is 13.6. The molecular weight excluding hydrogens is 474 g/mol. The van der Waals surface area contributed by atoms with E-state index in [1.807, 2.05) is 65.6 Å². The van der Waals surface area contributed by atoms with Gasteiger partial charge in [0.05, 0.1) is 19.9 Å². The van der Waals surface area contributed by atoms with Crippen molar-refractivity contribution in [2.45, 2.75) is 12.5 Å². The Hall–Kier alpha value is -4.60. The molecular formula is C27H25N5O5. The van der Waals surface area contributed by atoms with E-state index < -0.39 is 6.04 Å². The monoisotopic (exact) mass is 499 g/mol. The smallest absolute Gasteiger partial charge is 0.255 e. The van der Waals surface area contributed by atoms with Crippen LogP contribution in [0.4, 0.5) is 0 Å². The van der Waals surface area contributed by atoms with E-state index in [1.165, 1.54) is 0 Å². The van der Waals surface area contributed by atoms with E-state index in [-0.39, 0.29) is 5.91 Å². The minimum Gasteiger partial charge on any atom is -0.493 e. The SMILES string of the molecule is COc1ccc(CCN2C(=O)c3ccccc3C2c2nnnn2-c2ccc3c(c2)OCCO3)cc1OC. The molecule has 10 nitrogen and oxygen atoms in total. The highest BCUT2D eigenvalue weighted by Gasteiger charge is 2.40. The summed E-state index contributed by atoms with van der Waals surface area (Å²) in [5, 5.41) is 12.6. The minimum atomic E-state index is -0.452. The highest BCUT2D eigenvalue weighted by molar-refractivity contribution is 5.99. The van der Waals surface area contributed by atoms with E-state index in [4.69, 9.17) is 18.9 Å². The predicted octanol–water partition coefficient (Wildman–Crippen LogP) is 3.24. The number of methoxy groups -OCH3 is 2. The number of amides is 1. The third kappa shape index (κ3) is 4.00. The van der Waals surface area contributed by atoms with Gasteiger partial charge in [0.1, 0.15) is 19.3 Å². The largest absolute Gasteiger partial charge is 0.493 e. The van der Waals surface area contributed by atoms with Gasteiger partial charge in [-0.1, -0.05) is 24.3 Å². The van der Waals surface area contributed by atoms with Gasteiger partial charge in [0.15, 0.2) is 28.8 Å². The van der Waals surface area contributed by atoms with Gasteiger partial charge in [-0.15, -0.1) is 5.10 Å². The van der Waals surface area contributed by atoms with Crippen LogP contribution in [0.3, 0.4) is 0 Å². The van der Waals surface area contributed by atoms with Crippen molar-refractivity contribution in [3.8, 4) is 28.7 Å². The Bertz CT molecular complexity index is 1470. The second-order valence-electron chi connectivity index (χ2n) is 8.70. The highest BCUT2D eigenvalue weighted by atomic mass is 16.6. The molecule has 1 aromatic heterocycles. The Morgan fingerprint density at radius 1 is 0.946 bits per heavy atom. The topological polar surface area (TPSA) is 101 Å². The van der Waals surface area contributed by atoms with Crippen LogP contribution in [0.15, 0.2) is 60.7 Å². The summed E-state index contributed by atoms with van der Waals surface area (Å²) in [6.07, 6.45) is 0.613. The number of tetrazole rings is 1. The molecule has 0 aliphatic carbocycles. The fourth-order valence-electron chi connectivity index (χ4n) is 4.88. The van der Waals surface area contributed by atoms with Crippen molar-refractivity contribution in [2.75, 3.05) is 34.0 Å². The molecule has 0 bridgehead atoms. The molecule has 0 spiro atoms. The summed E-state index contributed by atoms with van der Waals surface area (Å²) in [5.74, 6) is 3.11. The summed E-state index contributed by atoms with van der Waals surface area (Å²) >= 11 is 0. The summed E-state index contributed by atoms with van der Waals surface area (Å²) in [5.41, 5.74) is 3.26. The van der Waals surface area contributed by atoms with Gasteiger partial charge in [-0.2, -0.15) is 4.68 Å². The van der Waals surface area contributed by atoms with Gasteiger partial charge in [0.2, 0.25) is 0 Å². The molecule has 0 N–H and O–H groups in total. The first-order valence-electron chi connectivity index (χ1n) is 12.0. The predicted molar refractivity (Wildman–Crippen MR) is 133 cm³/mol. The Kier molecular flexibility index (Phi) is 5.84. The molecule has 1 atom stereocenters. The molecule has 3 aromatic carbocycles. The normalized spacial score (nSPS) is 16.0. The quantitative estimate of drug-likeness (QED) is 0.382. The molecule has 0 radical (unpaired) electrons. The van der Waals surface area contributed by atoms with Crippen molar-refractivity contribution in [1.29, 1.82) is 0 Å². The van der Waals surface area contributed by atoms with E-state index >= 15 is 0 Å². The molecule has 0 fully saturated rings. The molecule has 10 heteroatoms. The van der Waals surface area contributed by atoms with Crippen LogP contribution in [0.5, 0.6) is 23.0 Å². The van der Waals surface area contributed by atoms with Crippen molar-refractivity contribution in [3.63, 3.8) is 0 Å². The molecule has 188 valence electrons. The number of hydrogen-bond acceptors (Lipinski definition) is 8. The average molecular weight is 500 g/mol. The molecule has 3 heterocycles. The molecule has 0 saturated carbocycles. The molecule has 37 heavy (non-hydrogen) atoms. The van der Waals surface area contributed by atoms with Gasteiger partial charge in [0, 0.05) is 18.2 Å². The average Bonchev–Trinajstić information content (AvgIpc) is 3.54. The lowest BCUT2D eigenvalue weighted by molar-refractivity contribution is 0.0745. The molecule has 1 unspecified atom stereocenters. The van der Waals surface area contributed by atoms with Gasteiger partial charge < -0.3 is 23.8 Å². The minimum absolute atomic E-state index is 0.0576. The van der Waals surface area contributed by atoms with Crippen molar-refractivity contribution in [3.05, 3.63) is 83.2 Å². The van der Waals surface area contributed by atoms with Gasteiger partial charge >= 0.3 is 0 Å². The Morgan fingerprint density at radius 3 is 2.59 bits per heavy atom. The molecule has 1 amide bonds. The number of aromatic nitrogens is 4. The lowest BCUT2D eigenvalue weighted by Gasteiger charge is -2.25. The van der Waals surface area contributed by atoms with E-state index in [0.29, 0.717) is 60.6 Å². The van der Waals surface area contributed by atoms with Crippen LogP contribution in [-0.2, 0) is 6.42 Å². The van der Waals surface area contributed by atoms with Crippen LogP contribution >= 0.6 is 0 Å². The number of ether oxygens (including phenoxy) is 4. The zero-order valence-corrected chi connectivity index (χ0v) is 20.5. The van der Waals surface area contributed by atoms with Crippen LogP contribution in [0.2, 0.25) is 0 Å². The lowest BCUT2D eigenvalue weighted by atomic mass is 10.0. The molecule has 2 aliphatic heterocycles. The van der Waals surface area contributed by atoms with E-state index in [0.717, 1.165) is 16.8 Å². The summed E-state index contributed by atoms with van der Waals surface area (Å²) in [6, 6.07) is 18.5. The molecule has 2 aliphatic rings.